The summed E-state index contributed by atoms with van der Waals surface area (Å²) in [5, 5.41) is 40.5. The summed E-state index contributed by atoms with van der Waals surface area (Å²) < 4.78 is 2.14. The van der Waals surface area contributed by atoms with Gasteiger partial charge in [-0.05, 0) is 22.1 Å². The first-order chi connectivity index (χ1) is 18.2. The van der Waals surface area contributed by atoms with E-state index in [1.54, 1.807) is 6.07 Å². The van der Waals surface area contributed by atoms with Crippen molar-refractivity contribution in [3.8, 4) is 0 Å². The Labute approximate surface area is 224 Å². The predicted octanol–water partition coefficient (Wildman–Crippen LogP) is -1.96. The van der Waals surface area contributed by atoms with Crippen LogP contribution in [0, 0.1) is 5.41 Å². The Morgan fingerprint density at radius 1 is 1.45 bits per heavy atom. The average molecular weight is 579 g/mol. The molecule has 2 atom stereocenters. The van der Waals surface area contributed by atoms with Crippen molar-refractivity contribution in [3.05, 3.63) is 33.2 Å². The van der Waals surface area contributed by atoms with E-state index >= 15 is 0 Å². The standard InChI is InChI=1S/C18H18N12O5S3/c1-35-25-10(8-5-38-18(20)29(8)21)14(31)22-11-15(32)28-12(17(33)34)6(4-37-16(11)28)3-36-9-2-7(19)13-23-26-27-30(13)24-9/h2,5,11,16,20H,3-4,19,21H2,1H3,(H,22,31)(H,33,34)/t11-,16+/m1/s1. The molecule has 1 fully saturated rings. The fourth-order valence-corrected chi connectivity index (χ4v) is 6.82. The molecule has 0 unspecified atom stereocenters. The van der Waals surface area contributed by atoms with Gasteiger partial charge >= 0.3 is 5.97 Å². The first-order valence-corrected chi connectivity index (χ1v) is 13.4. The molecule has 198 valence electrons. The maximum atomic E-state index is 13.0. The van der Waals surface area contributed by atoms with Crippen molar-refractivity contribution in [2.45, 2.75) is 16.4 Å². The summed E-state index contributed by atoms with van der Waals surface area (Å²) >= 11 is 3.52. The molecule has 0 aromatic carbocycles. The number of nitrogens with one attached hydrogen (secondary N) is 2. The lowest BCUT2D eigenvalue weighted by molar-refractivity contribution is -0.150. The Morgan fingerprint density at radius 3 is 2.92 bits per heavy atom. The van der Waals surface area contributed by atoms with Crippen LogP contribution in [0.2, 0.25) is 0 Å². The van der Waals surface area contributed by atoms with Crippen LogP contribution in [0.5, 0.6) is 0 Å². The largest absolute Gasteiger partial charge is 0.477 e. The molecule has 20 heteroatoms. The molecule has 0 bridgehead atoms. The summed E-state index contributed by atoms with van der Waals surface area (Å²) in [6.07, 6.45) is 0. The zero-order chi connectivity index (χ0) is 27.1. The number of carboxylic acids is 1. The fraction of sp³-hybridized carbons (Fsp3) is 0.278. The van der Waals surface area contributed by atoms with Crippen LogP contribution < -0.4 is 21.7 Å². The van der Waals surface area contributed by atoms with Crippen molar-refractivity contribution in [2.24, 2.45) is 5.16 Å². The van der Waals surface area contributed by atoms with Crippen LogP contribution in [0.4, 0.5) is 5.69 Å². The summed E-state index contributed by atoms with van der Waals surface area (Å²) in [6, 6.07) is 0.583. The Kier molecular flexibility index (Phi) is 6.67. The second kappa shape index (κ2) is 9.95. The van der Waals surface area contributed by atoms with Crippen LogP contribution in [-0.4, -0.2) is 93.5 Å². The van der Waals surface area contributed by atoms with Gasteiger partial charge in [0.2, 0.25) is 10.4 Å². The number of carbonyl (C=O) groups excluding carboxylic acids is 2. The van der Waals surface area contributed by atoms with Crippen molar-refractivity contribution in [1.29, 1.82) is 5.41 Å². The van der Waals surface area contributed by atoms with E-state index in [1.807, 2.05) is 0 Å². The van der Waals surface area contributed by atoms with E-state index < -0.39 is 29.2 Å². The maximum Gasteiger partial charge on any atom is 0.352 e. The molecule has 2 aliphatic rings. The molecule has 3 aromatic rings. The number of hydrogen-bond donors (Lipinski definition) is 5. The fourth-order valence-electron chi connectivity index (χ4n) is 3.78. The number of aliphatic carboxylic acids is 1. The molecule has 3 aromatic heterocycles. The van der Waals surface area contributed by atoms with Gasteiger partial charge in [-0.15, -0.1) is 37.9 Å². The molecule has 38 heavy (non-hydrogen) atoms. The number of carbonyl (C=O) groups is 3. The molecule has 2 aliphatic heterocycles. The monoisotopic (exact) mass is 578 g/mol. The third kappa shape index (κ3) is 4.31. The van der Waals surface area contributed by atoms with Gasteiger partial charge in [0.15, 0.2) is 5.71 Å². The molecular weight excluding hydrogens is 560 g/mol. The molecule has 7 N–H and O–H groups in total. The van der Waals surface area contributed by atoms with Gasteiger partial charge < -0.3 is 26.8 Å². The number of thiazole rings is 1. The van der Waals surface area contributed by atoms with Gasteiger partial charge in [0.1, 0.15) is 34.9 Å². The molecule has 1 saturated heterocycles. The summed E-state index contributed by atoms with van der Waals surface area (Å²) in [7, 11) is 1.24. The van der Waals surface area contributed by atoms with E-state index in [9.17, 15) is 19.5 Å². The lowest BCUT2D eigenvalue weighted by Gasteiger charge is -2.49. The molecule has 0 saturated carbocycles. The second-order valence-electron chi connectivity index (χ2n) is 7.76. The van der Waals surface area contributed by atoms with E-state index in [1.165, 1.54) is 40.6 Å². The summed E-state index contributed by atoms with van der Waals surface area (Å²) in [5.74, 6) is 3.71. The minimum Gasteiger partial charge on any atom is -0.477 e. The van der Waals surface area contributed by atoms with Gasteiger partial charge in [0.05, 0.1) is 5.69 Å². The quantitative estimate of drug-likeness (QED) is 0.0641. The number of nitrogens with zero attached hydrogens (tertiary/aromatic N) is 8. The molecule has 2 amide bonds. The van der Waals surface area contributed by atoms with Crippen LogP contribution in [0.1, 0.15) is 5.69 Å². The summed E-state index contributed by atoms with van der Waals surface area (Å²) in [4.78, 5) is 44.0. The van der Waals surface area contributed by atoms with E-state index in [2.05, 4.69) is 31.1 Å². The van der Waals surface area contributed by atoms with Crippen LogP contribution in [-0.2, 0) is 19.2 Å². The molecule has 0 radical (unpaired) electrons. The summed E-state index contributed by atoms with van der Waals surface area (Å²) in [5.41, 5.74) is 6.82. The summed E-state index contributed by atoms with van der Waals surface area (Å²) in [6.45, 7) is 0. The van der Waals surface area contributed by atoms with Crippen LogP contribution in [0.15, 0.2) is 32.9 Å². The van der Waals surface area contributed by atoms with Gasteiger partial charge in [-0.3, -0.25) is 19.9 Å². The minimum atomic E-state index is -1.26. The molecule has 0 aliphatic carbocycles. The first kappa shape index (κ1) is 25.5. The Hall–Kier alpha value is -4.17. The predicted molar refractivity (Wildman–Crippen MR) is 135 cm³/mol. The Balaban J connectivity index is 1.33. The number of anilines is 1. The van der Waals surface area contributed by atoms with E-state index in [4.69, 9.17) is 21.8 Å². The van der Waals surface area contributed by atoms with E-state index in [0.29, 0.717) is 27.7 Å². The zero-order valence-corrected chi connectivity index (χ0v) is 21.7. The van der Waals surface area contributed by atoms with Crippen LogP contribution in [0.3, 0.4) is 0 Å². The number of nitrogen functional groups attached to an aromatic ring is 2. The van der Waals surface area contributed by atoms with Crippen molar-refractivity contribution >= 4 is 69.7 Å². The van der Waals surface area contributed by atoms with Crippen molar-refractivity contribution in [2.75, 3.05) is 30.2 Å². The third-order valence-electron chi connectivity index (χ3n) is 5.52. The van der Waals surface area contributed by atoms with Crippen molar-refractivity contribution in [1.82, 2.24) is 40.1 Å². The van der Waals surface area contributed by atoms with Gasteiger partial charge in [-0.1, -0.05) is 16.9 Å². The third-order valence-corrected chi connectivity index (χ3v) is 8.60. The topological polar surface area (TPSA) is 245 Å². The van der Waals surface area contributed by atoms with Gasteiger partial charge in [0, 0.05) is 16.9 Å². The zero-order valence-electron chi connectivity index (χ0n) is 19.3. The number of carboxylic acid groups (broad SMARTS) is 1. The normalized spacial score (nSPS) is 19.3. The lowest BCUT2D eigenvalue weighted by atomic mass is 10.0. The Bertz CT molecular complexity index is 1590. The molecular formula is C18H18N12O5S3. The highest BCUT2D eigenvalue weighted by molar-refractivity contribution is 8.01. The molecule has 17 nitrogen and oxygen atoms in total. The molecule has 0 spiro atoms. The second-order valence-corrected chi connectivity index (χ2v) is 10.7. The van der Waals surface area contributed by atoms with E-state index in [0.717, 1.165) is 20.9 Å². The number of nitrogens with two attached hydrogens (primary N) is 2. The van der Waals surface area contributed by atoms with Gasteiger partial charge in [-0.2, -0.15) is 0 Å². The number of tetrazole rings is 1. The van der Waals surface area contributed by atoms with Crippen LogP contribution in [0.25, 0.3) is 5.65 Å². The maximum absolute atomic E-state index is 13.0. The lowest BCUT2D eigenvalue weighted by Crippen LogP contribution is -2.71. The molecule has 5 heterocycles. The number of thioether (sulfide) groups is 2. The SMILES string of the molecule is CON=C(C(=O)N[C@@H]1C(=O)N2C(C(=O)O)=C(CSc3cc(N)c4nnnn4n3)CS[C@@H]12)c1csc(=N)n1N. The number of oxime groups is 1. The average Bonchev–Trinajstić information content (AvgIpc) is 3.50. The highest BCUT2D eigenvalue weighted by Crippen LogP contribution is 2.41. The van der Waals surface area contributed by atoms with Crippen LogP contribution >= 0.6 is 34.9 Å². The number of β-lactam (4-membered cyclic amide) rings is 1. The van der Waals surface area contributed by atoms with Gasteiger partial charge in [-0.25, -0.2) is 9.47 Å². The number of aromatic nitrogens is 6. The number of fused-ring (bicyclic) bond motifs is 2. The van der Waals surface area contributed by atoms with Gasteiger partial charge in [0.25, 0.3) is 11.8 Å². The Morgan fingerprint density at radius 2 is 2.24 bits per heavy atom. The number of hydrogen-bond acceptors (Lipinski definition) is 15. The molecule has 5 rings (SSSR count). The smallest absolute Gasteiger partial charge is 0.352 e. The van der Waals surface area contributed by atoms with E-state index in [-0.39, 0.29) is 27.7 Å². The number of rotatable bonds is 8. The highest BCUT2D eigenvalue weighted by atomic mass is 32.2. The minimum absolute atomic E-state index is 0.0252. The highest BCUT2D eigenvalue weighted by Gasteiger charge is 2.54. The van der Waals surface area contributed by atoms with Crippen molar-refractivity contribution < 1.29 is 24.3 Å². The number of amides is 2. The van der Waals surface area contributed by atoms with Crippen molar-refractivity contribution in [3.63, 3.8) is 0 Å². The first-order valence-electron chi connectivity index (χ1n) is 10.5.